The van der Waals surface area contributed by atoms with Crippen LogP contribution in [0.3, 0.4) is 0 Å². The van der Waals surface area contributed by atoms with Gasteiger partial charge in [0.25, 0.3) is 0 Å². The number of aliphatic hydroxyl groups is 1. The van der Waals surface area contributed by atoms with Gasteiger partial charge in [-0.2, -0.15) is 0 Å². The third-order valence-electron chi connectivity index (χ3n) is 4.08. The van der Waals surface area contributed by atoms with Crippen LogP contribution in [0.25, 0.3) is 0 Å². The summed E-state index contributed by atoms with van der Waals surface area (Å²) in [5, 5.41) is 9.83. The lowest BCUT2D eigenvalue weighted by Crippen LogP contribution is -2.24. The van der Waals surface area contributed by atoms with Crippen LogP contribution in [0.2, 0.25) is 0 Å². The van der Waals surface area contributed by atoms with Gasteiger partial charge in [0, 0.05) is 5.41 Å². The molecule has 0 spiro atoms. The van der Waals surface area contributed by atoms with Gasteiger partial charge >= 0.3 is 0 Å². The van der Waals surface area contributed by atoms with Crippen molar-refractivity contribution in [2.45, 2.75) is 39.7 Å². The Balaban J connectivity index is 2.19. The lowest BCUT2D eigenvalue weighted by atomic mass is 9.88. The zero-order valence-electron chi connectivity index (χ0n) is 7.67. The molecule has 2 rings (SSSR count). The van der Waals surface area contributed by atoms with E-state index in [-0.39, 0.29) is 6.10 Å². The minimum Gasteiger partial charge on any atom is -0.393 e. The number of hydrogen-bond donors (Lipinski definition) is 1. The van der Waals surface area contributed by atoms with Crippen LogP contribution in [0.15, 0.2) is 0 Å². The highest BCUT2D eigenvalue weighted by Crippen LogP contribution is 2.69. The van der Waals surface area contributed by atoms with E-state index in [1.165, 1.54) is 6.42 Å². The second-order valence-electron chi connectivity index (χ2n) is 4.81. The van der Waals surface area contributed by atoms with Crippen molar-refractivity contribution in [3.05, 3.63) is 0 Å². The molecule has 0 aromatic rings. The molecular formula is C10H18O. The van der Waals surface area contributed by atoms with E-state index in [4.69, 9.17) is 0 Å². The van der Waals surface area contributed by atoms with Gasteiger partial charge in [-0.1, -0.05) is 20.8 Å². The summed E-state index contributed by atoms with van der Waals surface area (Å²) in [5.41, 5.74) is 0.347. The average molecular weight is 154 g/mol. The Morgan fingerprint density at radius 1 is 1.45 bits per heavy atom. The van der Waals surface area contributed by atoms with Gasteiger partial charge in [0.1, 0.15) is 0 Å². The molecular weight excluding hydrogens is 136 g/mol. The predicted molar refractivity (Wildman–Crippen MR) is 45.2 cm³/mol. The maximum absolute atomic E-state index is 9.83. The molecule has 0 bridgehead atoms. The SMILES string of the molecule is CC(C)[C@@]12C[C@@H]1[C@H](C)C[C@@H]2O. The van der Waals surface area contributed by atoms with Gasteiger partial charge in [-0.25, -0.2) is 0 Å². The summed E-state index contributed by atoms with van der Waals surface area (Å²) in [6.07, 6.45) is 2.33. The van der Waals surface area contributed by atoms with Gasteiger partial charge in [-0.3, -0.25) is 0 Å². The van der Waals surface area contributed by atoms with Gasteiger partial charge in [0.05, 0.1) is 6.10 Å². The van der Waals surface area contributed by atoms with Gasteiger partial charge in [-0.05, 0) is 30.6 Å². The summed E-state index contributed by atoms with van der Waals surface area (Å²) in [6, 6.07) is 0. The van der Waals surface area contributed by atoms with E-state index in [9.17, 15) is 5.11 Å². The van der Waals surface area contributed by atoms with Crippen molar-refractivity contribution < 1.29 is 5.11 Å². The van der Waals surface area contributed by atoms with Crippen LogP contribution in [0.5, 0.6) is 0 Å². The van der Waals surface area contributed by atoms with E-state index < -0.39 is 0 Å². The molecule has 2 fully saturated rings. The number of fused-ring (bicyclic) bond motifs is 1. The fraction of sp³-hybridized carbons (Fsp3) is 1.00. The van der Waals surface area contributed by atoms with Gasteiger partial charge in [-0.15, -0.1) is 0 Å². The molecule has 1 N–H and O–H groups in total. The van der Waals surface area contributed by atoms with Crippen molar-refractivity contribution in [1.29, 1.82) is 0 Å². The van der Waals surface area contributed by atoms with E-state index in [0.29, 0.717) is 11.3 Å². The normalized spacial score (nSPS) is 54.8. The highest BCUT2D eigenvalue weighted by atomic mass is 16.3. The topological polar surface area (TPSA) is 20.2 Å². The summed E-state index contributed by atoms with van der Waals surface area (Å²) >= 11 is 0. The summed E-state index contributed by atoms with van der Waals surface area (Å²) < 4.78 is 0. The minimum atomic E-state index is 0.00231. The number of aliphatic hydroxyl groups excluding tert-OH is 1. The van der Waals surface area contributed by atoms with Crippen molar-refractivity contribution in [3.8, 4) is 0 Å². The molecule has 2 saturated carbocycles. The van der Waals surface area contributed by atoms with Crippen molar-refractivity contribution in [2.75, 3.05) is 0 Å². The molecule has 2 aliphatic carbocycles. The Hall–Kier alpha value is -0.0400. The summed E-state index contributed by atoms with van der Waals surface area (Å²) in [7, 11) is 0. The van der Waals surface area contributed by atoms with Gasteiger partial charge in [0.15, 0.2) is 0 Å². The molecule has 0 heterocycles. The Morgan fingerprint density at radius 2 is 2.09 bits per heavy atom. The van der Waals surface area contributed by atoms with E-state index in [1.54, 1.807) is 0 Å². The average Bonchev–Trinajstić information content (AvgIpc) is 2.56. The first-order chi connectivity index (χ1) is 5.09. The maximum Gasteiger partial charge on any atom is 0.0604 e. The third kappa shape index (κ3) is 0.752. The van der Waals surface area contributed by atoms with Crippen LogP contribution in [0.4, 0.5) is 0 Å². The fourth-order valence-corrected chi connectivity index (χ4v) is 3.22. The zero-order chi connectivity index (χ0) is 8.22. The Labute approximate surface area is 68.8 Å². The maximum atomic E-state index is 9.83. The molecule has 4 atom stereocenters. The first kappa shape index (κ1) is 7.60. The highest BCUT2D eigenvalue weighted by Gasteiger charge is 2.66. The van der Waals surface area contributed by atoms with Crippen LogP contribution >= 0.6 is 0 Å². The minimum absolute atomic E-state index is 0.00231. The highest BCUT2D eigenvalue weighted by molar-refractivity contribution is 5.15. The third-order valence-corrected chi connectivity index (χ3v) is 4.08. The van der Waals surface area contributed by atoms with Crippen LogP contribution in [0, 0.1) is 23.2 Å². The molecule has 1 heteroatoms. The second-order valence-corrected chi connectivity index (χ2v) is 4.81. The van der Waals surface area contributed by atoms with E-state index in [2.05, 4.69) is 20.8 Å². The van der Waals surface area contributed by atoms with Crippen molar-refractivity contribution in [2.24, 2.45) is 23.2 Å². The standard InChI is InChI=1S/C10H18O/c1-6(2)10-5-8(10)7(3)4-9(10)11/h6-9,11H,4-5H2,1-3H3/t7-,8-,9+,10+/m1/s1. The van der Waals surface area contributed by atoms with Crippen molar-refractivity contribution >= 4 is 0 Å². The lowest BCUT2D eigenvalue weighted by Gasteiger charge is -2.22. The lowest BCUT2D eigenvalue weighted by molar-refractivity contribution is 0.0741. The smallest absolute Gasteiger partial charge is 0.0604 e. The van der Waals surface area contributed by atoms with Crippen molar-refractivity contribution in [3.63, 3.8) is 0 Å². The molecule has 2 aliphatic rings. The Bertz CT molecular complexity index is 172. The van der Waals surface area contributed by atoms with Crippen LogP contribution in [-0.2, 0) is 0 Å². The molecule has 0 aromatic heterocycles. The first-order valence-corrected chi connectivity index (χ1v) is 4.77. The van der Waals surface area contributed by atoms with E-state index in [0.717, 1.165) is 18.3 Å². The number of rotatable bonds is 1. The monoisotopic (exact) mass is 154 g/mol. The molecule has 0 saturated heterocycles. The Kier molecular flexibility index (Phi) is 1.39. The molecule has 0 aliphatic heterocycles. The predicted octanol–water partition coefficient (Wildman–Crippen LogP) is 2.05. The van der Waals surface area contributed by atoms with Crippen LogP contribution < -0.4 is 0 Å². The largest absolute Gasteiger partial charge is 0.393 e. The van der Waals surface area contributed by atoms with Gasteiger partial charge < -0.3 is 5.11 Å². The molecule has 0 amide bonds. The second kappa shape index (κ2) is 2.01. The Morgan fingerprint density at radius 3 is 2.27 bits per heavy atom. The quantitative estimate of drug-likeness (QED) is 0.613. The first-order valence-electron chi connectivity index (χ1n) is 4.77. The van der Waals surface area contributed by atoms with E-state index in [1.807, 2.05) is 0 Å². The summed E-state index contributed by atoms with van der Waals surface area (Å²) in [5.74, 6) is 2.29. The molecule has 0 radical (unpaired) electrons. The zero-order valence-corrected chi connectivity index (χ0v) is 7.67. The summed E-state index contributed by atoms with van der Waals surface area (Å²) in [4.78, 5) is 0. The number of hydrogen-bond acceptors (Lipinski definition) is 1. The van der Waals surface area contributed by atoms with Gasteiger partial charge in [0.2, 0.25) is 0 Å². The summed E-state index contributed by atoms with van der Waals surface area (Å²) in [6.45, 7) is 6.79. The molecule has 11 heavy (non-hydrogen) atoms. The van der Waals surface area contributed by atoms with Crippen LogP contribution in [0.1, 0.15) is 33.6 Å². The molecule has 0 unspecified atom stereocenters. The van der Waals surface area contributed by atoms with E-state index >= 15 is 0 Å². The molecule has 0 aromatic carbocycles. The van der Waals surface area contributed by atoms with Crippen molar-refractivity contribution in [1.82, 2.24) is 0 Å². The van der Waals surface area contributed by atoms with Crippen LogP contribution in [-0.4, -0.2) is 11.2 Å². The molecule has 1 nitrogen and oxygen atoms in total. The molecule has 64 valence electrons. The fourth-order valence-electron chi connectivity index (χ4n) is 3.22.